The fourth-order valence-corrected chi connectivity index (χ4v) is 5.59. The zero-order chi connectivity index (χ0) is 23.2. The highest BCUT2D eigenvalue weighted by atomic mass is 32.1. The minimum atomic E-state index is -1.12. The van der Waals surface area contributed by atoms with Crippen LogP contribution in [-0.2, 0) is 4.74 Å². The second-order valence-electron chi connectivity index (χ2n) is 7.96. The lowest BCUT2D eigenvalue weighted by Gasteiger charge is -2.15. The highest BCUT2D eigenvalue weighted by Crippen LogP contribution is 2.42. The van der Waals surface area contributed by atoms with Gasteiger partial charge in [0.05, 0.1) is 22.6 Å². The van der Waals surface area contributed by atoms with Gasteiger partial charge < -0.3 is 10.5 Å². The van der Waals surface area contributed by atoms with Crippen LogP contribution < -0.4 is 5.73 Å². The number of hydrogen-bond donors (Lipinski definition) is 1. The molecule has 4 aromatic rings. The molecule has 0 aliphatic heterocycles. The van der Waals surface area contributed by atoms with Gasteiger partial charge in [0.15, 0.2) is 5.65 Å². The second kappa shape index (κ2) is 8.35. The number of nitrogens with zero attached hydrogens (tertiary/aromatic N) is 3. The molecule has 2 N–H and O–H groups in total. The van der Waals surface area contributed by atoms with Gasteiger partial charge in [-0.1, -0.05) is 26.0 Å². The summed E-state index contributed by atoms with van der Waals surface area (Å²) in [5.74, 6) is -0.347. The lowest BCUT2D eigenvalue weighted by atomic mass is 9.95. The molecule has 0 atom stereocenters. The van der Waals surface area contributed by atoms with Crippen LogP contribution >= 0.6 is 11.3 Å². The molecule has 0 unspecified atom stereocenters. The normalized spacial score (nSPS) is 11.6. The summed E-state index contributed by atoms with van der Waals surface area (Å²) in [5.41, 5.74) is 11.2. The Balaban J connectivity index is 2.00. The van der Waals surface area contributed by atoms with Crippen molar-refractivity contribution in [2.24, 2.45) is 5.73 Å². The van der Waals surface area contributed by atoms with Gasteiger partial charge in [-0.25, -0.2) is 19.1 Å². The number of benzene rings is 1. The third-order valence-corrected chi connectivity index (χ3v) is 7.03. The van der Waals surface area contributed by atoms with Crippen molar-refractivity contribution in [3.8, 4) is 11.3 Å². The molecule has 1 aromatic carbocycles. The number of nitrogens with two attached hydrogens (primary N) is 1. The highest BCUT2D eigenvalue weighted by Gasteiger charge is 2.25. The molecule has 3 aromatic heterocycles. The maximum absolute atomic E-state index is 12.4. The van der Waals surface area contributed by atoms with Crippen molar-refractivity contribution in [3.63, 3.8) is 0 Å². The number of ether oxygens (including phenoxy) is 1. The van der Waals surface area contributed by atoms with Crippen molar-refractivity contribution in [2.75, 3.05) is 0 Å². The predicted molar refractivity (Wildman–Crippen MR) is 126 cm³/mol. The van der Waals surface area contributed by atoms with Crippen molar-refractivity contribution in [1.29, 1.82) is 0 Å². The van der Waals surface area contributed by atoms with Gasteiger partial charge in [0.2, 0.25) is 0 Å². The topological polar surface area (TPSA) is 99.6 Å². The molecule has 0 bridgehead atoms. The molecule has 8 heteroatoms. The summed E-state index contributed by atoms with van der Waals surface area (Å²) in [6.45, 7) is 10.4. The number of hydrogen-bond acceptors (Lipinski definition) is 6. The third kappa shape index (κ3) is 3.54. The summed E-state index contributed by atoms with van der Waals surface area (Å²) in [4.78, 5) is 29.5. The zero-order valence-electron chi connectivity index (χ0n) is 18.9. The Morgan fingerprint density at radius 3 is 2.56 bits per heavy atom. The molecular formula is C24H26N4O3S. The number of carbonyl (C=O) groups is 2. The van der Waals surface area contributed by atoms with E-state index in [1.807, 2.05) is 31.4 Å². The van der Waals surface area contributed by atoms with Crippen LogP contribution in [0.4, 0.5) is 4.79 Å². The summed E-state index contributed by atoms with van der Waals surface area (Å²) in [6, 6.07) is 7.52. The van der Waals surface area contributed by atoms with Gasteiger partial charge in [0.25, 0.3) is 0 Å². The van der Waals surface area contributed by atoms with Crippen molar-refractivity contribution < 1.29 is 14.3 Å². The van der Waals surface area contributed by atoms with Crippen molar-refractivity contribution >= 4 is 39.1 Å². The average Bonchev–Trinajstić information content (AvgIpc) is 3.23. The first-order valence-electron chi connectivity index (χ1n) is 10.7. The summed E-state index contributed by atoms with van der Waals surface area (Å²) >= 11 is 1.48. The van der Waals surface area contributed by atoms with E-state index in [9.17, 15) is 9.59 Å². The molecule has 166 valence electrons. The first-order valence-corrected chi connectivity index (χ1v) is 11.5. The van der Waals surface area contributed by atoms with Gasteiger partial charge in [0, 0.05) is 26.1 Å². The SMILES string of the molecule is CCC(CC)c1cc(C)nn2c(-c3c(C)sc4c(C(=O)OC(N)=O)cccc34)c(C)nc12. The second-order valence-corrected chi connectivity index (χ2v) is 9.18. The lowest BCUT2D eigenvalue weighted by Crippen LogP contribution is -2.18. The maximum atomic E-state index is 12.4. The van der Waals surface area contributed by atoms with Crippen LogP contribution in [0.1, 0.15) is 64.8 Å². The number of aromatic nitrogens is 3. The van der Waals surface area contributed by atoms with E-state index in [-0.39, 0.29) is 0 Å². The van der Waals surface area contributed by atoms with Crippen LogP contribution in [0, 0.1) is 20.8 Å². The van der Waals surface area contributed by atoms with Crippen LogP contribution in [0.25, 0.3) is 27.0 Å². The number of imidazole rings is 1. The Kier molecular flexibility index (Phi) is 5.73. The molecule has 4 rings (SSSR count). The van der Waals surface area contributed by atoms with Gasteiger partial charge in [-0.3, -0.25) is 0 Å². The first kappa shape index (κ1) is 22.0. The van der Waals surface area contributed by atoms with Crippen LogP contribution in [0.5, 0.6) is 0 Å². The number of thiophene rings is 1. The van der Waals surface area contributed by atoms with Crippen molar-refractivity contribution in [3.05, 3.63) is 51.7 Å². The van der Waals surface area contributed by atoms with Crippen LogP contribution in [0.2, 0.25) is 0 Å². The van der Waals surface area contributed by atoms with Crippen molar-refractivity contribution in [1.82, 2.24) is 14.6 Å². The van der Waals surface area contributed by atoms with E-state index in [4.69, 9.17) is 15.8 Å². The van der Waals surface area contributed by atoms with Gasteiger partial charge in [-0.15, -0.1) is 11.3 Å². The van der Waals surface area contributed by atoms with Crippen LogP contribution in [0.3, 0.4) is 0 Å². The molecule has 32 heavy (non-hydrogen) atoms. The molecule has 0 spiro atoms. The fourth-order valence-electron chi connectivity index (χ4n) is 4.43. The van der Waals surface area contributed by atoms with E-state index >= 15 is 0 Å². The predicted octanol–water partition coefficient (Wildman–Crippen LogP) is 5.68. The van der Waals surface area contributed by atoms with Gasteiger partial charge in [-0.2, -0.15) is 5.10 Å². The maximum Gasteiger partial charge on any atom is 0.412 e. The number of rotatable bonds is 5. The summed E-state index contributed by atoms with van der Waals surface area (Å²) in [5, 5.41) is 5.71. The minimum absolute atomic E-state index is 0.314. The van der Waals surface area contributed by atoms with E-state index in [1.165, 1.54) is 16.9 Å². The number of carbonyl (C=O) groups excluding carboxylic acids is 2. The van der Waals surface area contributed by atoms with Gasteiger partial charge in [-0.05, 0) is 51.7 Å². The molecule has 0 radical (unpaired) electrons. The molecule has 7 nitrogen and oxygen atoms in total. The standard InChI is InChI=1S/C24H26N4O3S/c1-6-15(7-2)18-11-12(3)27-28-20(13(4)26-22(18)28)19-14(5)32-21-16(19)9-8-10-17(21)23(29)31-24(25)30/h8-11,15H,6-7H2,1-5H3,(H2,25,30). The smallest absolute Gasteiger partial charge is 0.373 e. The molecule has 0 aliphatic carbocycles. The average molecular weight is 451 g/mol. The van der Waals surface area contributed by atoms with E-state index in [2.05, 4.69) is 24.7 Å². The number of amides is 1. The Labute approximate surface area is 190 Å². The van der Waals surface area contributed by atoms with E-state index in [0.717, 1.165) is 56.1 Å². The Morgan fingerprint density at radius 1 is 1.19 bits per heavy atom. The van der Waals surface area contributed by atoms with E-state index < -0.39 is 12.1 Å². The number of esters is 1. The fraction of sp³-hybridized carbons (Fsp3) is 0.333. The van der Waals surface area contributed by atoms with Crippen molar-refractivity contribution in [2.45, 2.75) is 53.4 Å². The quantitative estimate of drug-likeness (QED) is 0.312. The number of fused-ring (bicyclic) bond motifs is 2. The van der Waals surface area contributed by atoms with E-state index in [0.29, 0.717) is 11.5 Å². The molecule has 1 amide bonds. The summed E-state index contributed by atoms with van der Waals surface area (Å²) in [6.07, 6.45) is 0.942. The van der Waals surface area contributed by atoms with Crippen LogP contribution in [0.15, 0.2) is 24.3 Å². The third-order valence-electron chi connectivity index (χ3n) is 5.88. The molecule has 3 heterocycles. The number of aryl methyl sites for hydroxylation is 3. The highest BCUT2D eigenvalue weighted by molar-refractivity contribution is 7.20. The Hall–Kier alpha value is -3.26. The molecule has 0 saturated carbocycles. The van der Waals surface area contributed by atoms with Gasteiger partial charge >= 0.3 is 12.1 Å². The summed E-state index contributed by atoms with van der Waals surface area (Å²) < 4.78 is 7.33. The lowest BCUT2D eigenvalue weighted by molar-refractivity contribution is 0.0640. The van der Waals surface area contributed by atoms with E-state index in [1.54, 1.807) is 12.1 Å². The van der Waals surface area contributed by atoms with Gasteiger partial charge in [0.1, 0.15) is 0 Å². The van der Waals surface area contributed by atoms with Crippen LogP contribution in [-0.4, -0.2) is 26.7 Å². The Morgan fingerprint density at radius 2 is 1.91 bits per heavy atom. The first-order chi connectivity index (χ1) is 15.3. The molecule has 0 saturated heterocycles. The monoisotopic (exact) mass is 450 g/mol. The molecule has 0 fully saturated rings. The number of primary amides is 1. The zero-order valence-corrected chi connectivity index (χ0v) is 19.7. The molecule has 0 aliphatic rings. The minimum Gasteiger partial charge on any atom is -0.373 e. The molecular weight excluding hydrogens is 424 g/mol. The largest absolute Gasteiger partial charge is 0.412 e. The summed E-state index contributed by atoms with van der Waals surface area (Å²) in [7, 11) is 0. The Bertz CT molecular complexity index is 1370.